The average Bonchev–Trinajstić information content (AvgIpc) is 3.14. The highest BCUT2D eigenvalue weighted by molar-refractivity contribution is 5.94. The standard InChI is InChI=1S/C18H17N5O2/c1-23-11-19-10-15(23)17-21-16(25-22-17)9-4-12-2-5-13(6-3-12)18(24)20-14-7-8-14/h2-6,9-11,14H,7-8H2,1H3,(H,20,24)/b9-4+. The van der Waals surface area contributed by atoms with Crippen molar-refractivity contribution in [3.05, 3.63) is 53.8 Å². The summed E-state index contributed by atoms with van der Waals surface area (Å²) in [6.45, 7) is 0. The number of hydrogen-bond acceptors (Lipinski definition) is 5. The van der Waals surface area contributed by atoms with E-state index in [0.29, 0.717) is 23.3 Å². The van der Waals surface area contributed by atoms with Crippen molar-refractivity contribution >= 4 is 18.1 Å². The minimum absolute atomic E-state index is 0.0178. The first kappa shape index (κ1) is 15.3. The molecule has 7 heteroatoms. The lowest BCUT2D eigenvalue weighted by atomic mass is 10.1. The van der Waals surface area contributed by atoms with E-state index in [9.17, 15) is 4.79 Å². The predicted octanol–water partition coefficient (Wildman–Crippen LogP) is 2.53. The maximum atomic E-state index is 12.0. The van der Waals surface area contributed by atoms with Crippen LogP contribution < -0.4 is 5.32 Å². The maximum Gasteiger partial charge on any atom is 0.251 e. The zero-order chi connectivity index (χ0) is 17.2. The van der Waals surface area contributed by atoms with Crippen LogP contribution in [0.3, 0.4) is 0 Å². The number of benzene rings is 1. The topological polar surface area (TPSA) is 85.8 Å². The second-order valence-electron chi connectivity index (χ2n) is 6.05. The Balaban J connectivity index is 1.44. The van der Waals surface area contributed by atoms with E-state index >= 15 is 0 Å². The fourth-order valence-corrected chi connectivity index (χ4v) is 2.39. The van der Waals surface area contributed by atoms with Crippen LogP contribution in [-0.2, 0) is 7.05 Å². The SMILES string of the molecule is Cn1cncc1-c1noc(/C=C/c2ccc(C(=O)NC3CC3)cc2)n1. The Bertz CT molecular complexity index is 919. The molecular weight excluding hydrogens is 318 g/mol. The van der Waals surface area contributed by atoms with Crippen LogP contribution in [0.1, 0.15) is 34.7 Å². The number of aromatic nitrogens is 4. The number of amides is 1. The first-order chi connectivity index (χ1) is 12.2. The van der Waals surface area contributed by atoms with Gasteiger partial charge in [-0.2, -0.15) is 4.98 Å². The molecule has 1 aromatic carbocycles. The predicted molar refractivity (Wildman–Crippen MR) is 92.4 cm³/mol. The largest absolute Gasteiger partial charge is 0.349 e. The number of rotatable bonds is 5. The summed E-state index contributed by atoms with van der Waals surface area (Å²) < 4.78 is 7.05. The summed E-state index contributed by atoms with van der Waals surface area (Å²) in [6, 6.07) is 7.75. The van der Waals surface area contributed by atoms with Gasteiger partial charge in [0.25, 0.3) is 11.8 Å². The molecule has 1 amide bonds. The van der Waals surface area contributed by atoms with Crippen molar-refractivity contribution in [1.29, 1.82) is 0 Å². The third-order valence-electron chi connectivity index (χ3n) is 3.99. The van der Waals surface area contributed by atoms with Gasteiger partial charge in [0.1, 0.15) is 5.69 Å². The maximum absolute atomic E-state index is 12.0. The van der Waals surface area contributed by atoms with Crippen molar-refractivity contribution in [2.75, 3.05) is 0 Å². The molecule has 0 unspecified atom stereocenters. The van der Waals surface area contributed by atoms with Gasteiger partial charge in [0.05, 0.1) is 12.5 Å². The van der Waals surface area contributed by atoms with Gasteiger partial charge in [-0.15, -0.1) is 0 Å². The van der Waals surface area contributed by atoms with Crippen LogP contribution in [-0.4, -0.2) is 31.6 Å². The summed E-state index contributed by atoms with van der Waals surface area (Å²) >= 11 is 0. The number of carbonyl (C=O) groups excluding carboxylic acids is 1. The molecule has 0 atom stereocenters. The summed E-state index contributed by atoms with van der Waals surface area (Å²) in [5.41, 5.74) is 2.40. The van der Waals surface area contributed by atoms with E-state index in [1.165, 1.54) is 0 Å². The molecule has 0 bridgehead atoms. The van der Waals surface area contributed by atoms with E-state index in [-0.39, 0.29) is 5.91 Å². The van der Waals surface area contributed by atoms with Crippen molar-refractivity contribution in [2.24, 2.45) is 7.05 Å². The Kier molecular flexibility index (Phi) is 3.89. The molecular formula is C18H17N5O2. The van der Waals surface area contributed by atoms with Gasteiger partial charge in [-0.3, -0.25) is 4.79 Å². The van der Waals surface area contributed by atoms with Crippen molar-refractivity contribution in [1.82, 2.24) is 25.0 Å². The Morgan fingerprint density at radius 3 is 2.76 bits per heavy atom. The lowest BCUT2D eigenvalue weighted by Gasteiger charge is -2.03. The van der Waals surface area contributed by atoms with E-state index in [4.69, 9.17) is 4.52 Å². The minimum Gasteiger partial charge on any atom is -0.349 e. The summed E-state index contributed by atoms with van der Waals surface area (Å²) in [5, 5.41) is 6.92. The Hall–Kier alpha value is -3.22. The summed E-state index contributed by atoms with van der Waals surface area (Å²) in [4.78, 5) is 20.3. The van der Waals surface area contributed by atoms with Gasteiger partial charge in [0.2, 0.25) is 5.82 Å². The summed E-state index contributed by atoms with van der Waals surface area (Å²) in [5.74, 6) is 0.884. The fraction of sp³-hybridized carbons (Fsp3) is 0.222. The molecule has 7 nitrogen and oxygen atoms in total. The second kappa shape index (κ2) is 6.35. The van der Waals surface area contributed by atoms with E-state index in [2.05, 4.69) is 20.4 Å². The molecule has 25 heavy (non-hydrogen) atoms. The van der Waals surface area contributed by atoms with E-state index in [1.54, 1.807) is 18.6 Å². The average molecular weight is 335 g/mol. The molecule has 1 aliphatic carbocycles. The lowest BCUT2D eigenvalue weighted by Crippen LogP contribution is -2.25. The number of hydrogen-bond donors (Lipinski definition) is 1. The number of nitrogens with zero attached hydrogens (tertiary/aromatic N) is 4. The quantitative estimate of drug-likeness (QED) is 0.774. The van der Waals surface area contributed by atoms with Gasteiger partial charge in [-0.05, 0) is 36.6 Å². The van der Waals surface area contributed by atoms with E-state index in [1.807, 2.05) is 42.0 Å². The zero-order valence-corrected chi connectivity index (χ0v) is 13.7. The first-order valence-corrected chi connectivity index (χ1v) is 8.08. The molecule has 0 aliphatic heterocycles. The highest BCUT2D eigenvalue weighted by Crippen LogP contribution is 2.19. The smallest absolute Gasteiger partial charge is 0.251 e. The third kappa shape index (κ3) is 3.50. The van der Waals surface area contributed by atoms with Gasteiger partial charge < -0.3 is 14.4 Å². The highest BCUT2D eigenvalue weighted by Gasteiger charge is 2.23. The van der Waals surface area contributed by atoms with E-state index in [0.717, 1.165) is 24.1 Å². The number of imidazole rings is 1. The number of nitrogens with one attached hydrogen (secondary N) is 1. The van der Waals surface area contributed by atoms with Crippen LogP contribution in [0.2, 0.25) is 0 Å². The molecule has 3 aromatic rings. The van der Waals surface area contributed by atoms with Crippen molar-refractivity contribution < 1.29 is 9.32 Å². The number of carbonyl (C=O) groups is 1. The van der Waals surface area contributed by atoms with Crippen LogP contribution in [0, 0.1) is 0 Å². The molecule has 1 saturated carbocycles. The molecule has 0 radical (unpaired) electrons. The van der Waals surface area contributed by atoms with Crippen LogP contribution in [0.15, 0.2) is 41.3 Å². The van der Waals surface area contributed by atoms with Gasteiger partial charge in [0.15, 0.2) is 0 Å². The molecule has 1 fully saturated rings. The molecule has 0 spiro atoms. The Morgan fingerprint density at radius 1 is 1.28 bits per heavy atom. The zero-order valence-electron chi connectivity index (χ0n) is 13.7. The number of aryl methyl sites for hydroxylation is 1. The summed E-state index contributed by atoms with van der Waals surface area (Å²) in [6.07, 6.45) is 9.14. The molecule has 126 valence electrons. The fourth-order valence-electron chi connectivity index (χ4n) is 2.39. The molecule has 1 N–H and O–H groups in total. The van der Waals surface area contributed by atoms with E-state index < -0.39 is 0 Å². The summed E-state index contributed by atoms with van der Waals surface area (Å²) in [7, 11) is 1.87. The molecule has 1 aliphatic rings. The Labute approximate surface area is 144 Å². The third-order valence-corrected chi connectivity index (χ3v) is 3.99. The van der Waals surface area contributed by atoms with Crippen molar-refractivity contribution in [2.45, 2.75) is 18.9 Å². The van der Waals surface area contributed by atoms with Gasteiger partial charge >= 0.3 is 0 Å². The highest BCUT2D eigenvalue weighted by atomic mass is 16.5. The first-order valence-electron chi connectivity index (χ1n) is 8.08. The van der Waals surface area contributed by atoms with Crippen LogP contribution in [0.4, 0.5) is 0 Å². The molecule has 4 rings (SSSR count). The van der Waals surface area contributed by atoms with Crippen molar-refractivity contribution in [3.63, 3.8) is 0 Å². The van der Waals surface area contributed by atoms with Crippen LogP contribution >= 0.6 is 0 Å². The minimum atomic E-state index is -0.0178. The normalized spacial score (nSPS) is 14.1. The molecule has 0 saturated heterocycles. The second-order valence-corrected chi connectivity index (χ2v) is 6.05. The van der Waals surface area contributed by atoms with Gasteiger partial charge in [0, 0.05) is 24.7 Å². The van der Waals surface area contributed by atoms with Crippen LogP contribution in [0.5, 0.6) is 0 Å². The van der Waals surface area contributed by atoms with Gasteiger partial charge in [-0.25, -0.2) is 4.98 Å². The van der Waals surface area contributed by atoms with Gasteiger partial charge in [-0.1, -0.05) is 17.3 Å². The molecule has 2 aromatic heterocycles. The monoisotopic (exact) mass is 335 g/mol. The molecule has 2 heterocycles. The van der Waals surface area contributed by atoms with Crippen molar-refractivity contribution in [3.8, 4) is 11.5 Å². The lowest BCUT2D eigenvalue weighted by molar-refractivity contribution is 0.0951. The van der Waals surface area contributed by atoms with Crippen LogP contribution in [0.25, 0.3) is 23.7 Å². The Morgan fingerprint density at radius 2 is 2.08 bits per heavy atom.